The molecule has 2 aliphatic heterocycles. The fourth-order valence-corrected chi connectivity index (χ4v) is 3.93. The molecule has 0 bridgehead atoms. The van der Waals surface area contributed by atoms with Crippen molar-refractivity contribution >= 4 is 17.3 Å². The smallest absolute Gasteiger partial charge is 0.213 e. The van der Waals surface area contributed by atoms with E-state index >= 15 is 0 Å². The molecule has 0 saturated carbocycles. The molecular weight excluding hydrogens is 356 g/mol. The lowest BCUT2D eigenvalue weighted by Gasteiger charge is -2.38. The summed E-state index contributed by atoms with van der Waals surface area (Å²) < 4.78 is 6.37. The first-order valence-corrected chi connectivity index (χ1v) is 9.51. The number of nitrogens with zero attached hydrogens (tertiary/aromatic N) is 2. The van der Waals surface area contributed by atoms with E-state index in [-0.39, 0.29) is 12.3 Å². The van der Waals surface area contributed by atoms with Gasteiger partial charge in [-0.1, -0.05) is 71.8 Å². The standard InChI is InChI=1S/C23H19ClN2O/c1-15-6-8-17(9-7-15)23-26-21(19-4-2-3-5-22(19)27-23)14-20(25-26)16-10-12-18(24)13-11-16/h2-13,21,23H,14H2,1H3. The Kier molecular flexibility index (Phi) is 3.91. The van der Waals surface area contributed by atoms with Crippen LogP contribution in [0.5, 0.6) is 5.75 Å². The molecule has 134 valence electrons. The molecule has 2 heterocycles. The van der Waals surface area contributed by atoms with Gasteiger partial charge in [0.25, 0.3) is 0 Å². The number of para-hydroxylation sites is 1. The second-order valence-corrected chi connectivity index (χ2v) is 7.51. The molecule has 3 nitrogen and oxygen atoms in total. The maximum absolute atomic E-state index is 6.37. The van der Waals surface area contributed by atoms with E-state index in [1.807, 2.05) is 36.4 Å². The number of rotatable bonds is 2. The zero-order valence-electron chi connectivity index (χ0n) is 15.0. The molecule has 3 aromatic rings. The van der Waals surface area contributed by atoms with Gasteiger partial charge in [-0.2, -0.15) is 5.10 Å². The molecule has 2 atom stereocenters. The highest BCUT2D eigenvalue weighted by molar-refractivity contribution is 6.30. The van der Waals surface area contributed by atoms with Crippen molar-refractivity contribution in [2.24, 2.45) is 5.10 Å². The van der Waals surface area contributed by atoms with E-state index < -0.39 is 0 Å². The molecule has 0 amide bonds. The fraction of sp³-hybridized carbons (Fsp3) is 0.174. The molecule has 5 rings (SSSR count). The summed E-state index contributed by atoms with van der Waals surface area (Å²) in [6.45, 7) is 2.09. The molecule has 3 aromatic carbocycles. The largest absolute Gasteiger partial charge is 0.464 e. The van der Waals surface area contributed by atoms with Crippen molar-refractivity contribution in [2.45, 2.75) is 25.6 Å². The zero-order valence-corrected chi connectivity index (χ0v) is 15.7. The number of hydrogen-bond acceptors (Lipinski definition) is 3. The van der Waals surface area contributed by atoms with Gasteiger partial charge in [-0.15, -0.1) is 0 Å². The molecule has 0 N–H and O–H groups in total. The summed E-state index contributed by atoms with van der Waals surface area (Å²) in [5, 5.41) is 7.82. The molecule has 2 aliphatic rings. The van der Waals surface area contributed by atoms with E-state index in [1.54, 1.807) is 0 Å². The highest BCUT2D eigenvalue weighted by Gasteiger charge is 2.40. The van der Waals surface area contributed by atoms with Crippen LogP contribution in [0.4, 0.5) is 0 Å². The van der Waals surface area contributed by atoms with E-state index in [4.69, 9.17) is 21.4 Å². The van der Waals surface area contributed by atoms with Crippen LogP contribution in [0.2, 0.25) is 5.02 Å². The molecule has 0 aromatic heterocycles. The number of fused-ring (bicyclic) bond motifs is 3. The van der Waals surface area contributed by atoms with Gasteiger partial charge in [-0.3, -0.25) is 0 Å². The minimum Gasteiger partial charge on any atom is -0.464 e. The van der Waals surface area contributed by atoms with Gasteiger partial charge < -0.3 is 4.74 Å². The van der Waals surface area contributed by atoms with Crippen LogP contribution in [0.25, 0.3) is 0 Å². The van der Waals surface area contributed by atoms with Crippen LogP contribution >= 0.6 is 11.6 Å². The predicted octanol–water partition coefficient (Wildman–Crippen LogP) is 5.89. The molecular formula is C23H19ClN2O. The Hall–Kier alpha value is -2.78. The number of aryl methyl sites for hydroxylation is 1. The van der Waals surface area contributed by atoms with Gasteiger partial charge in [0, 0.05) is 22.6 Å². The van der Waals surface area contributed by atoms with Crippen LogP contribution < -0.4 is 4.74 Å². The lowest BCUT2D eigenvalue weighted by Crippen LogP contribution is -2.33. The third-order valence-electron chi connectivity index (χ3n) is 5.24. The lowest BCUT2D eigenvalue weighted by molar-refractivity contribution is -0.0190. The van der Waals surface area contributed by atoms with Gasteiger partial charge in [0.05, 0.1) is 11.8 Å². The third kappa shape index (κ3) is 2.88. The predicted molar refractivity (Wildman–Crippen MR) is 108 cm³/mol. The molecule has 0 saturated heterocycles. The van der Waals surface area contributed by atoms with Crippen molar-refractivity contribution in [3.63, 3.8) is 0 Å². The number of hydrazone groups is 1. The van der Waals surface area contributed by atoms with Gasteiger partial charge in [0.15, 0.2) is 0 Å². The summed E-state index contributed by atoms with van der Waals surface area (Å²) in [6, 6.07) is 24.8. The highest BCUT2D eigenvalue weighted by Crippen LogP contribution is 2.47. The second-order valence-electron chi connectivity index (χ2n) is 7.07. The number of benzene rings is 3. The second kappa shape index (κ2) is 6.43. The average molecular weight is 375 g/mol. The maximum atomic E-state index is 6.37. The fourth-order valence-electron chi connectivity index (χ4n) is 3.80. The van der Waals surface area contributed by atoms with Gasteiger partial charge in [0.2, 0.25) is 6.23 Å². The van der Waals surface area contributed by atoms with Gasteiger partial charge in [0.1, 0.15) is 5.75 Å². The Balaban J connectivity index is 1.58. The van der Waals surface area contributed by atoms with E-state index in [0.29, 0.717) is 0 Å². The average Bonchev–Trinajstić information content (AvgIpc) is 3.14. The maximum Gasteiger partial charge on any atom is 0.213 e. The van der Waals surface area contributed by atoms with E-state index in [1.165, 1.54) is 11.1 Å². The molecule has 0 aliphatic carbocycles. The first-order chi connectivity index (χ1) is 13.2. The lowest BCUT2D eigenvalue weighted by atomic mass is 9.96. The molecule has 2 unspecified atom stereocenters. The summed E-state index contributed by atoms with van der Waals surface area (Å²) >= 11 is 6.05. The van der Waals surface area contributed by atoms with Crippen LogP contribution in [0.3, 0.4) is 0 Å². The Bertz CT molecular complexity index is 1010. The van der Waals surface area contributed by atoms with Crippen molar-refractivity contribution in [3.8, 4) is 5.75 Å². The highest BCUT2D eigenvalue weighted by atomic mass is 35.5. The Morgan fingerprint density at radius 3 is 2.48 bits per heavy atom. The first-order valence-electron chi connectivity index (χ1n) is 9.13. The SMILES string of the molecule is Cc1ccc(C2Oc3ccccc3C3CC(c4ccc(Cl)cc4)=NN32)cc1. The normalized spacial score (nSPS) is 20.5. The first kappa shape index (κ1) is 16.4. The topological polar surface area (TPSA) is 24.8 Å². The van der Waals surface area contributed by atoms with Crippen LogP contribution in [0.15, 0.2) is 77.9 Å². The zero-order chi connectivity index (χ0) is 18.4. The number of hydrogen-bond donors (Lipinski definition) is 0. The Morgan fingerprint density at radius 1 is 0.963 bits per heavy atom. The van der Waals surface area contributed by atoms with Crippen LogP contribution in [0, 0.1) is 6.92 Å². The summed E-state index contributed by atoms with van der Waals surface area (Å²) in [5.41, 5.74) is 5.70. The van der Waals surface area contributed by atoms with Crippen molar-refractivity contribution in [1.29, 1.82) is 0 Å². The van der Waals surface area contributed by atoms with E-state index in [0.717, 1.165) is 34.0 Å². The summed E-state index contributed by atoms with van der Waals surface area (Å²) in [7, 11) is 0. The van der Waals surface area contributed by atoms with E-state index in [2.05, 4.69) is 48.3 Å². The molecule has 0 radical (unpaired) electrons. The van der Waals surface area contributed by atoms with Crippen molar-refractivity contribution < 1.29 is 4.74 Å². The summed E-state index contributed by atoms with van der Waals surface area (Å²) in [6.07, 6.45) is 0.625. The summed E-state index contributed by atoms with van der Waals surface area (Å²) in [5.74, 6) is 0.942. The number of halogens is 1. The van der Waals surface area contributed by atoms with Crippen molar-refractivity contribution in [1.82, 2.24) is 5.01 Å². The molecule has 0 spiro atoms. The van der Waals surface area contributed by atoms with Crippen LogP contribution in [0.1, 0.15) is 40.9 Å². The number of ether oxygens (including phenoxy) is 1. The molecule has 4 heteroatoms. The quantitative estimate of drug-likeness (QED) is 0.558. The Morgan fingerprint density at radius 2 is 1.70 bits per heavy atom. The minimum absolute atomic E-state index is 0.173. The van der Waals surface area contributed by atoms with Gasteiger partial charge in [-0.25, -0.2) is 5.01 Å². The van der Waals surface area contributed by atoms with Crippen LogP contribution in [-0.2, 0) is 0 Å². The molecule has 0 fully saturated rings. The van der Waals surface area contributed by atoms with Crippen molar-refractivity contribution in [2.75, 3.05) is 0 Å². The monoisotopic (exact) mass is 374 g/mol. The molecule has 27 heavy (non-hydrogen) atoms. The van der Waals surface area contributed by atoms with Gasteiger partial charge >= 0.3 is 0 Å². The third-order valence-corrected chi connectivity index (χ3v) is 5.49. The van der Waals surface area contributed by atoms with E-state index in [9.17, 15) is 0 Å². The minimum atomic E-state index is -0.227. The Labute approximate surface area is 163 Å². The van der Waals surface area contributed by atoms with Crippen LogP contribution in [-0.4, -0.2) is 10.7 Å². The van der Waals surface area contributed by atoms with Gasteiger partial charge in [-0.05, 0) is 30.7 Å². The summed E-state index contributed by atoms with van der Waals surface area (Å²) in [4.78, 5) is 0. The van der Waals surface area contributed by atoms with Crippen molar-refractivity contribution in [3.05, 3.63) is 100 Å².